The second-order valence-electron chi connectivity index (χ2n) is 6.94. The van der Waals surface area contributed by atoms with Crippen LogP contribution in [0.25, 0.3) is 0 Å². The van der Waals surface area contributed by atoms with E-state index in [9.17, 15) is 9.59 Å². The van der Waals surface area contributed by atoms with Gasteiger partial charge in [0.2, 0.25) is 0 Å². The van der Waals surface area contributed by atoms with Crippen molar-refractivity contribution in [1.29, 1.82) is 0 Å². The number of cyclic esters (lactones) is 1. The molecular weight excluding hydrogens is 344 g/mol. The maximum absolute atomic E-state index is 12.1. The number of aromatic nitrogens is 2. The first-order valence-electron chi connectivity index (χ1n) is 9.30. The van der Waals surface area contributed by atoms with E-state index in [0.29, 0.717) is 24.2 Å². The molecule has 4 rings (SSSR count). The summed E-state index contributed by atoms with van der Waals surface area (Å²) in [6.45, 7) is 2.74. The van der Waals surface area contributed by atoms with Crippen molar-refractivity contribution >= 4 is 17.7 Å². The topological polar surface area (TPSA) is 93.2 Å². The average Bonchev–Trinajstić information content (AvgIpc) is 3.02. The Bertz CT molecular complexity index is 910. The van der Waals surface area contributed by atoms with Crippen LogP contribution in [-0.4, -0.2) is 28.5 Å². The maximum atomic E-state index is 12.1. The number of carbonyl (C=O) groups excluding carboxylic acids is 2. The van der Waals surface area contributed by atoms with E-state index < -0.39 is 0 Å². The van der Waals surface area contributed by atoms with Gasteiger partial charge >= 0.3 is 12.0 Å². The summed E-state index contributed by atoms with van der Waals surface area (Å²) in [6.07, 6.45) is 5.07. The lowest BCUT2D eigenvalue weighted by atomic mass is 9.95. The number of aryl methyl sites for hydroxylation is 2. The molecule has 0 radical (unpaired) electrons. The van der Waals surface area contributed by atoms with Crippen molar-refractivity contribution in [3.05, 3.63) is 52.1 Å². The molecule has 2 aromatic rings. The zero-order valence-electron chi connectivity index (χ0n) is 15.3. The molecule has 2 aliphatic rings. The lowest BCUT2D eigenvalue weighted by molar-refractivity contribution is 0.0535. The molecule has 1 aromatic heterocycles. The van der Waals surface area contributed by atoms with Crippen molar-refractivity contribution in [2.24, 2.45) is 0 Å². The van der Waals surface area contributed by atoms with Gasteiger partial charge in [-0.3, -0.25) is 0 Å². The van der Waals surface area contributed by atoms with Crippen molar-refractivity contribution in [2.75, 3.05) is 11.9 Å². The SMILES string of the molecule is Cc1nc(CCNC(=O)Nc2ccc3c(c2)COC3=O)nc2c1CCCC2. The Hall–Kier alpha value is -2.96. The Morgan fingerprint density at radius 1 is 1.22 bits per heavy atom. The van der Waals surface area contributed by atoms with E-state index in [2.05, 4.69) is 20.6 Å². The fraction of sp³-hybridized carbons (Fsp3) is 0.400. The number of amides is 2. The minimum atomic E-state index is -0.318. The second kappa shape index (κ2) is 7.34. The molecule has 2 heterocycles. The number of urea groups is 1. The van der Waals surface area contributed by atoms with Crippen LogP contribution >= 0.6 is 0 Å². The van der Waals surface area contributed by atoms with Crippen LogP contribution in [0.1, 0.15) is 51.5 Å². The molecule has 0 saturated heterocycles. The van der Waals surface area contributed by atoms with Gasteiger partial charge in [0, 0.05) is 35.6 Å². The quantitative estimate of drug-likeness (QED) is 0.812. The first kappa shape index (κ1) is 17.5. The molecule has 0 spiro atoms. The van der Waals surface area contributed by atoms with Crippen molar-refractivity contribution in [2.45, 2.75) is 45.6 Å². The third-order valence-electron chi connectivity index (χ3n) is 5.01. The van der Waals surface area contributed by atoms with E-state index in [1.807, 2.05) is 6.92 Å². The summed E-state index contributed by atoms with van der Waals surface area (Å²) in [5, 5.41) is 5.60. The smallest absolute Gasteiger partial charge is 0.338 e. The number of ether oxygens (including phenoxy) is 1. The van der Waals surface area contributed by atoms with Gasteiger partial charge < -0.3 is 15.4 Å². The second-order valence-corrected chi connectivity index (χ2v) is 6.94. The first-order chi connectivity index (χ1) is 13.1. The largest absolute Gasteiger partial charge is 0.457 e. The molecule has 7 nitrogen and oxygen atoms in total. The van der Waals surface area contributed by atoms with Crippen molar-refractivity contribution in [3.8, 4) is 0 Å². The van der Waals surface area contributed by atoms with Crippen LogP contribution in [0.4, 0.5) is 10.5 Å². The lowest BCUT2D eigenvalue weighted by Gasteiger charge is -2.17. The summed E-state index contributed by atoms with van der Waals surface area (Å²) in [7, 11) is 0. The molecular formula is C20H22N4O3. The molecule has 0 fully saturated rings. The van der Waals surface area contributed by atoms with Gasteiger partial charge in [-0.15, -0.1) is 0 Å². The van der Waals surface area contributed by atoms with E-state index in [1.165, 1.54) is 24.1 Å². The fourth-order valence-electron chi connectivity index (χ4n) is 3.63. The lowest BCUT2D eigenvalue weighted by Crippen LogP contribution is -2.31. The standard InChI is InChI=1S/C20H22N4O3/c1-12-15-4-2-3-5-17(15)24-18(22-12)8-9-21-20(26)23-14-6-7-16-13(10-14)11-27-19(16)25/h6-7,10H,2-5,8-9,11H2,1H3,(H2,21,23,26). The number of hydrogen-bond acceptors (Lipinski definition) is 5. The van der Waals surface area contributed by atoms with E-state index >= 15 is 0 Å². The predicted molar refractivity (Wildman–Crippen MR) is 99.7 cm³/mol. The third kappa shape index (κ3) is 3.77. The van der Waals surface area contributed by atoms with Gasteiger partial charge in [0.1, 0.15) is 12.4 Å². The molecule has 140 valence electrons. The van der Waals surface area contributed by atoms with Crippen LogP contribution in [-0.2, 0) is 30.6 Å². The molecule has 0 bridgehead atoms. The van der Waals surface area contributed by atoms with Crippen molar-refractivity contribution < 1.29 is 14.3 Å². The van der Waals surface area contributed by atoms with Gasteiger partial charge in [-0.25, -0.2) is 19.6 Å². The summed E-state index contributed by atoms with van der Waals surface area (Å²) < 4.78 is 4.97. The van der Waals surface area contributed by atoms with E-state index in [4.69, 9.17) is 4.74 Å². The van der Waals surface area contributed by atoms with Crippen molar-refractivity contribution in [1.82, 2.24) is 15.3 Å². The van der Waals surface area contributed by atoms with Crippen LogP contribution in [0.2, 0.25) is 0 Å². The molecule has 1 aliphatic heterocycles. The average molecular weight is 366 g/mol. The number of nitrogens with zero attached hydrogens (tertiary/aromatic N) is 2. The van der Waals surface area contributed by atoms with E-state index in [1.54, 1.807) is 18.2 Å². The zero-order valence-corrected chi connectivity index (χ0v) is 15.3. The number of carbonyl (C=O) groups is 2. The maximum Gasteiger partial charge on any atom is 0.338 e. The highest BCUT2D eigenvalue weighted by molar-refractivity contribution is 5.95. The highest BCUT2D eigenvalue weighted by Gasteiger charge is 2.21. The third-order valence-corrected chi connectivity index (χ3v) is 5.01. The Balaban J connectivity index is 1.31. The molecule has 0 unspecified atom stereocenters. The van der Waals surface area contributed by atoms with Crippen LogP contribution in [0, 0.1) is 6.92 Å². The monoisotopic (exact) mass is 366 g/mol. The molecule has 1 aliphatic carbocycles. The van der Waals surface area contributed by atoms with Gasteiger partial charge in [0.15, 0.2) is 0 Å². The normalized spacial score (nSPS) is 14.9. The minimum absolute atomic E-state index is 0.250. The van der Waals surface area contributed by atoms with Gasteiger partial charge in [-0.2, -0.15) is 0 Å². The van der Waals surface area contributed by atoms with E-state index in [0.717, 1.165) is 29.9 Å². The Morgan fingerprint density at radius 3 is 2.96 bits per heavy atom. The number of anilines is 1. The van der Waals surface area contributed by atoms with E-state index in [-0.39, 0.29) is 18.6 Å². The van der Waals surface area contributed by atoms with Crippen molar-refractivity contribution in [3.63, 3.8) is 0 Å². The molecule has 7 heteroatoms. The van der Waals surface area contributed by atoms with Crippen LogP contribution < -0.4 is 10.6 Å². The highest BCUT2D eigenvalue weighted by atomic mass is 16.5. The van der Waals surface area contributed by atoms with Gasteiger partial charge in [0.25, 0.3) is 0 Å². The first-order valence-corrected chi connectivity index (χ1v) is 9.30. The minimum Gasteiger partial charge on any atom is -0.457 e. The fourth-order valence-corrected chi connectivity index (χ4v) is 3.63. The summed E-state index contributed by atoms with van der Waals surface area (Å²) in [5.74, 6) is 0.461. The predicted octanol–water partition coefficient (Wildman–Crippen LogP) is 2.70. The van der Waals surface area contributed by atoms with Crippen LogP contribution in [0.5, 0.6) is 0 Å². The number of benzene rings is 1. The molecule has 0 saturated carbocycles. The number of esters is 1. The molecule has 0 atom stereocenters. The number of hydrogen-bond donors (Lipinski definition) is 2. The van der Waals surface area contributed by atoms with Crippen LogP contribution in [0.3, 0.4) is 0 Å². The summed E-state index contributed by atoms with van der Waals surface area (Å²) in [6, 6.07) is 4.83. The number of nitrogens with one attached hydrogen (secondary N) is 2. The Labute approximate surface area is 157 Å². The van der Waals surface area contributed by atoms with Crippen LogP contribution in [0.15, 0.2) is 18.2 Å². The van der Waals surface area contributed by atoms with Gasteiger partial charge in [0.05, 0.1) is 5.56 Å². The Morgan fingerprint density at radius 2 is 2.07 bits per heavy atom. The summed E-state index contributed by atoms with van der Waals surface area (Å²) >= 11 is 0. The zero-order chi connectivity index (χ0) is 18.8. The highest BCUT2D eigenvalue weighted by Crippen LogP contribution is 2.23. The number of fused-ring (bicyclic) bond motifs is 2. The molecule has 1 aromatic carbocycles. The molecule has 2 N–H and O–H groups in total. The molecule has 27 heavy (non-hydrogen) atoms. The Kier molecular flexibility index (Phi) is 4.75. The van der Waals surface area contributed by atoms with Gasteiger partial charge in [-0.1, -0.05) is 0 Å². The van der Waals surface area contributed by atoms with Gasteiger partial charge in [-0.05, 0) is 56.4 Å². The number of rotatable bonds is 4. The summed E-state index contributed by atoms with van der Waals surface area (Å²) in [5.41, 5.74) is 5.51. The molecule has 2 amide bonds. The summed E-state index contributed by atoms with van der Waals surface area (Å²) in [4.78, 5) is 32.8.